The molecule has 28 heavy (non-hydrogen) atoms. The second-order valence-corrected chi connectivity index (χ2v) is 6.45. The van der Waals surface area contributed by atoms with E-state index >= 15 is 0 Å². The highest BCUT2D eigenvalue weighted by Gasteiger charge is 2.08. The predicted octanol–water partition coefficient (Wildman–Crippen LogP) is 4.21. The van der Waals surface area contributed by atoms with E-state index in [1.165, 1.54) is 24.2 Å². The van der Waals surface area contributed by atoms with Gasteiger partial charge in [0, 0.05) is 37.2 Å². The molecule has 1 heterocycles. The zero-order valence-corrected chi connectivity index (χ0v) is 15.8. The largest absolute Gasteiger partial charge is 0.380 e. The molecule has 0 fully saturated rings. The third-order valence-electron chi connectivity index (χ3n) is 4.21. The highest BCUT2D eigenvalue weighted by atomic mass is 16.2. The molecule has 0 saturated carbocycles. The number of pyridine rings is 1. The molecule has 2 amide bonds. The molecule has 0 unspecified atom stereocenters. The van der Waals surface area contributed by atoms with Gasteiger partial charge in [0.1, 0.15) is 0 Å². The molecule has 142 valence electrons. The van der Waals surface area contributed by atoms with Crippen LogP contribution in [0, 0.1) is 6.92 Å². The summed E-state index contributed by atoms with van der Waals surface area (Å²) in [6.45, 7) is 4.17. The number of carbonyl (C=O) groups is 2. The van der Waals surface area contributed by atoms with E-state index in [0.717, 1.165) is 5.69 Å². The van der Waals surface area contributed by atoms with Crippen molar-refractivity contribution in [1.29, 1.82) is 0 Å². The van der Waals surface area contributed by atoms with Crippen molar-refractivity contribution in [3.05, 3.63) is 83.7 Å². The number of hydrogen-bond donors (Lipinski definition) is 3. The maximum absolute atomic E-state index is 12.5. The van der Waals surface area contributed by atoms with Gasteiger partial charge >= 0.3 is 0 Å². The van der Waals surface area contributed by atoms with Crippen LogP contribution in [0.15, 0.2) is 67.0 Å². The number of rotatable bonds is 6. The SMILES string of the molecule is CC(=O)Nc1ccc(NC(=O)c2cncc(NCc3ccccc3C)c2)cc1. The fourth-order valence-electron chi connectivity index (χ4n) is 2.71. The summed E-state index contributed by atoms with van der Waals surface area (Å²) in [5.74, 6) is -0.391. The first-order valence-corrected chi connectivity index (χ1v) is 8.94. The zero-order valence-electron chi connectivity index (χ0n) is 15.8. The van der Waals surface area contributed by atoms with Crippen molar-refractivity contribution in [2.24, 2.45) is 0 Å². The molecule has 3 rings (SSSR count). The van der Waals surface area contributed by atoms with Crippen LogP contribution in [0.2, 0.25) is 0 Å². The molecule has 3 N–H and O–H groups in total. The van der Waals surface area contributed by atoms with Crippen molar-refractivity contribution in [1.82, 2.24) is 4.98 Å². The van der Waals surface area contributed by atoms with Gasteiger partial charge in [-0.05, 0) is 48.4 Å². The second kappa shape index (κ2) is 8.81. The molecule has 0 atom stereocenters. The highest BCUT2D eigenvalue weighted by Crippen LogP contribution is 2.16. The van der Waals surface area contributed by atoms with Crippen molar-refractivity contribution in [2.75, 3.05) is 16.0 Å². The van der Waals surface area contributed by atoms with Gasteiger partial charge in [0.05, 0.1) is 11.3 Å². The Balaban J connectivity index is 1.63. The molecule has 6 nitrogen and oxygen atoms in total. The molecule has 2 aromatic carbocycles. The number of nitrogens with zero attached hydrogens (tertiary/aromatic N) is 1. The van der Waals surface area contributed by atoms with Crippen LogP contribution in [0.5, 0.6) is 0 Å². The zero-order chi connectivity index (χ0) is 19.9. The van der Waals surface area contributed by atoms with Gasteiger partial charge in [0.15, 0.2) is 0 Å². The Morgan fingerprint density at radius 2 is 1.57 bits per heavy atom. The van der Waals surface area contributed by atoms with E-state index in [2.05, 4.69) is 40.0 Å². The summed E-state index contributed by atoms with van der Waals surface area (Å²) in [5.41, 5.74) is 4.95. The first kappa shape index (κ1) is 19.1. The Labute approximate surface area is 164 Å². The van der Waals surface area contributed by atoms with Gasteiger partial charge in [-0.1, -0.05) is 24.3 Å². The summed E-state index contributed by atoms with van der Waals surface area (Å²) in [6.07, 6.45) is 3.22. The molecule has 0 aliphatic rings. The first-order chi connectivity index (χ1) is 13.5. The Morgan fingerprint density at radius 3 is 2.25 bits per heavy atom. The average Bonchev–Trinajstić information content (AvgIpc) is 2.69. The van der Waals surface area contributed by atoms with E-state index in [0.29, 0.717) is 23.5 Å². The van der Waals surface area contributed by atoms with Gasteiger partial charge in [0.2, 0.25) is 5.91 Å². The first-order valence-electron chi connectivity index (χ1n) is 8.94. The monoisotopic (exact) mass is 374 g/mol. The van der Waals surface area contributed by atoms with E-state index < -0.39 is 0 Å². The molecule has 0 spiro atoms. The molecule has 3 aromatic rings. The lowest BCUT2D eigenvalue weighted by Gasteiger charge is -2.10. The standard InChI is InChI=1S/C22H22N4O2/c1-15-5-3-4-6-17(15)13-24-21-11-18(12-23-14-21)22(28)26-20-9-7-19(8-10-20)25-16(2)27/h3-12,14,24H,13H2,1-2H3,(H,25,27)(H,26,28). The van der Waals surface area contributed by atoms with Crippen LogP contribution in [-0.4, -0.2) is 16.8 Å². The van der Waals surface area contributed by atoms with Gasteiger partial charge in [-0.15, -0.1) is 0 Å². The van der Waals surface area contributed by atoms with E-state index in [4.69, 9.17) is 0 Å². The van der Waals surface area contributed by atoms with Crippen LogP contribution < -0.4 is 16.0 Å². The molecule has 0 aliphatic carbocycles. The Bertz CT molecular complexity index is 984. The minimum atomic E-state index is -0.251. The number of hydrogen-bond acceptors (Lipinski definition) is 4. The molecular weight excluding hydrogens is 352 g/mol. The van der Waals surface area contributed by atoms with Gasteiger partial charge in [0.25, 0.3) is 5.91 Å². The third kappa shape index (κ3) is 5.17. The summed E-state index contributed by atoms with van der Waals surface area (Å²) in [7, 11) is 0. The van der Waals surface area contributed by atoms with Crippen LogP contribution in [0.3, 0.4) is 0 Å². The number of nitrogens with one attached hydrogen (secondary N) is 3. The van der Waals surface area contributed by atoms with E-state index in [1.807, 2.05) is 12.1 Å². The molecule has 0 bridgehead atoms. The number of benzene rings is 2. The van der Waals surface area contributed by atoms with Crippen LogP contribution in [-0.2, 0) is 11.3 Å². The maximum atomic E-state index is 12.5. The smallest absolute Gasteiger partial charge is 0.257 e. The van der Waals surface area contributed by atoms with Gasteiger partial charge in [-0.25, -0.2) is 0 Å². The summed E-state index contributed by atoms with van der Waals surface area (Å²) in [5, 5.41) is 8.82. The van der Waals surface area contributed by atoms with E-state index in [9.17, 15) is 9.59 Å². The molecule has 0 radical (unpaired) electrons. The van der Waals surface area contributed by atoms with Crippen LogP contribution in [0.1, 0.15) is 28.4 Å². The second-order valence-electron chi connectivity index (χ2n) is 6.45. The van der Waals surface area contributed by atoms with Gasteiger partial charge in [-0.2, -0.15) is 0 Å². The maximum Gasteiger partial charge on any atom is 0.257 e. The summed E-state index contributed by atoms with van der Waals surface area (Å²) >= 11 is 0. The van der Waals surface area contributed by atoms with Crippen LogP contribution in [0.25, 0.3) is 0 Å². The number of aromatic nitrogens is 1. The molecule has 6 heteroatoms. The van der Waals surface area contributed by atoms with Crippen molar-refractivity contribution in [3.8, 4) is 0 Å². The summed E-state index contributed by atoms with van der Waals surface area (Å²) in [4.78, 5) is 27.7. The quantitative estimate of drug-likeness (QED) is 0.603. The molecule has 0 saturated heterocycles. The van der Waals surface area contributed by atoms with Crippen molar-refractivity contribution in [2.45, 2.75) is 20.4 Å². The minimum absolute atomic E-state index is 0.141. The van der Waals surface area contributed by atoms with Crippen molar-refractivity contribution < 1.29 is 9.59 Å². The van der Waals surface area contributed by atoms with Crippen LogP contribution >= 0.6 is 0 Å². The van der Waals surface area contributed by atoms with Crippen molar-refractivity contribution >= 4 is 28.9 Å². The lowest BCUT2D eigenvalue weighted by Crippen LogP contribution is -2.13. The molecular formula is C22H22N4O2. The Morgan fingerprint density at radius 1 is 0.893 bits per heavy atom. The highest BCUT2D eigenvalue weighted by molar-refractivity contribution is 6.04. The van der Waals surface area contributed by atoms with Gasteiger partial charge in [-0.3, -0.25) is 14.6 Å². The lowest BCUT2D eigenvalue weighted by molar-refractivity contribution is -0.114. The Kier molecular flexibility index (Phi) is 6.01. The molecule has 1 aromatic heterocycles. The summed E-state index contributed by atoms with van der Waals surface area (Å²) < 4.78 is 0. The topological polar surface area (TPSA) is 83.1 Å². The fourth-order valence-corrected chi connectivity index (χ4v) is 2.71. The number of carbonyl (C=O) groups excluding carboxylic acids is 2. The Hall–Kier alpha value is -3.67. The predicted molar refractivity (Wildman–Crippen MR) is 111 cm³/mol. The average molecular weight is 374 g/mol. The normalized spacial score (nSPS) is 10.2. The molecule has 0 aliphatic heterocycles. The lowest BCUT2D eigenvalue weighted by atomic mass is 10.1. The van der Waals surface area contributed by atoms with E-state index in [1.54, 1.807) is 36.5 Å². The van der Waals surface area contributed by atoms with Crippen molar-refractivity contribution in [3.63, 3.8) is 0 Å². The number of anilines is 3. The minimum Gasteiger partial charge on any atom is -0.380 e. The van der Waals surface area contributed by atoms with Crippen LogP contribution in [0.4, 0.5) is 17.1 Å². The van der Waals surface area contributed by atoms with Gasteiger partial charge < -0.3 is 16.0 Å². The third-order valence-corrected chi connectivity index (χ3v) is 4.21. The summed E-state index contributed by atoms with van der Waals surface area (Å²) in [6, 6.07) is 16.8. The fraction of sp³-hybridized carbons (Fsp3) is 0.136. The number of amides is 2. The number of aryl methyl sites for hydroxylation is 1. The van der Waals surface area contributed by atoms with E-state index in [-0.39, 0.29) is 11.8 Å².